The van der Waals surface area contributed by atoms with Gasteiger partial charge in [0.05, 0.1) is 0 Å². The predicted octanol–water partition coefficient (Wildman–Crippen LogP) is 8.17. The molecule has 0 radical (unpaired) electrons. The molecule has 4 aromatic rings. The Hall–Kier alpha value is -1.49. The van der Waals surface area contributed by atoms with E-state index < -0.39 is 0 Å². The summed E-state index contributed by atoms with van der Waals surface area (Å²) in [6.45, 7) is 1.58. The number of benzene rings is 4. The molecule has 0 unspecified atom stereocenters. The van der Waals surface area contributed by atoms with Crippen molar-refractivity contribution in [1.82, 2.24) is 0 Å². The number of Topliss-reactive ketones (excluding diaryl/α,β-unsaturated/α-hetero) is 1. The zero-order valence-electron chi connectivity index (χ0n) is 14.0. The number of ketones is 1. The molecular weight excluding hydrogens is 520 g/mol. The maximum atomic E-state index is 11.2. The molecule has 0 aromatic heterocycles. The Bertz CT molecular complexity index is 1070. The molecule has 0 spiro atoms. The first-order valence-electron chi connectivity index (χ1n) is 7.97. The van der Waals surface area contributed by atoms with Gasteiger partial charge in [-0.15, -0.1) is 0 Å². The van der Waals surface area contributed by atoms with E-state index in [9.17, 15) is 4.79 Å². The minimum absolute atomic E-state index is 0.104. The molecule has 0 atom stereocenters. The Balaban J connectivity index is 0.000000152. The number of rotatable bonds is 1. The summed E-state index contributed by atoms with van der Waals surface area (Å²) in [7, 11) is 0. The molecule has 0 aliphatic heterocycles. The molecule has 0 saturated heterocycles. The van der Waals surface area contributed by atoms with Crippen molar-refractivity contribution < 1.29 is 4.79 Å². The second-order valence-electron chi connectivity index (χ2n) is 5.90. The van der Waals surface area contributed by atoms with Crippen molar-refractivity contribution in [2.24, 2.45) is 0 Å². The van der Waals surface area contributed by atoms with E-state index in [-0.39, 0.29) is 5.78 Å². The van der Waals surface area contributed by atoms with Crippen LogP contribution in [0.3, 0.4) is 0 Å². The molecule has 4 aromatic carbocycles. The molecule has 0 fully saturated rings. The molecule has 4 rings (SSSR count). The van der Waals surface area contributed by atoms with Crippen molar-refractivity contribution in [3.63, 3.8) is 0 Å². The maximum absolute atomic E-state index is 11.2. The van der Waals surface area contributed by atoms with Crippen LogP contribution < -0.4 is 0 Å². The summed E-state index contributed by atoms with van der Waals surface area (Å²) in [5.74, 6) is 0.104. The van der Waals surface area contributed by atoms with Crippen molar-refractivity contribution >= 4 is 75.1 Å². The molecule has 0 saturated carbocycles. The fourth-order valence-electron chi connectivity index (χ4n) is 2.63. The van der Waals surface area contributed by atoms with Crippen LogP contribution in [-0.4, -0.2) is 5.78 Å². The van der Waals surface area contributed by atoms with Crippen LogP contribution in [0.25, 0.3) is 21.5 Å². The summed E-state index contributed by atoms with van der Waals surface area (Å²) in [6, 6.07) is 24.3. The average molecular weight is 535 g/mol. The van der Waals surface area contributed by atoms with E-state index in [4.69, 9.17) is 0 Å². The highest BCUT2D eigenvalue weighted by Gasteiger charge is 2.00. The van der Waals surface area contributed by atoms with Gasteiger partial charge in [-0.05, 0) is 70.9 Å². The van der Waals surface area contributed by atoms with Gasteiger partial charge >= 0.3 is 0 Å². The Kier molecular flexibility index (Phi) is 6.28. The number of hydrogen-bond donors (Lipinski definition) is 0. The van der Waals surface area contributed by atoms with Crippen molar-refractivity contribution in [1.29, 1.82) is 0 Å². The van der Waals surface area contributed by atoms with Crippen LogP contribution >= 0.6 is 47.8 Å². The third-order valence-electron chi connectivity index (χ3n) is 3.97. The van der Waals surface area contributed by atoms with Crippen LogP contribution in [-0.2, 0) is 0 Å². The second kappa shape index (κ2) is 8.47. The fourth-order valence-corrected chi connectivity index (χ4v) is 3.76. The summed E-state index contributed by atoms with van der Waals surface area (Å²) in [4.78, 5) is 11.2. The highest BCUT2D eigenvalue weighted by molar-refractivity contribution is 9.11. The summed E-state index contributed by atoms with van der Waals surface area (Å²) >= 11 is 10.3. The SMILES string of the molecule is Brc1ccc2ccc(Br)cc2c1.CC(=O)c1ccc2ccc(Br)cc2c1. The molecule has 4 heteroatoms. The zero-order chi connectivity index (χ0) is 18.7. The van der Waals surface area contributed by atoms with Gasteiger partial charge in [0, 0.05) is 19.0 Å². The summed E-state index contributed by atoms with van der Waals surface area (Å²) in [6.07, 6.45) is 0. The van der Waals surface area contributed by atoms with E-state index >= 15 is 0 Å². The molecule has 130 valence electrons. The molecule has 0 bridgehead atoms. The van der Waals surface area contributed by atoms with Gasteiger partial charge in [0.2, 0.25) is 0 Å². The topological polar surface area (TPSA) is 17.1 Å². The summed E-state index contributed by atoms with van der Waals surface area (Å²) in [5, 5.41) is 4.76. The van der Waals surface area contributed by atoms with Crippen LogP contribution in [0.15, 0.2) is 86.2 Å². The zero-order valence-corrected chi connectivity index (χ0v) is 18.7. The Morgan fingerprint density at radius 1 is 0.577 bits per heavy atom. The first-order chi connectivity index (χ1) is 12.4. The summed E-state index contributed by atoms with van der Waals surface area (Å²) < 4.78 is 3.27. The van der Waals surface area contributed by atoms with E-state index in [1.54, 1.807) is 6.92 Å². The lowest BCUT2D eigenvalue weighted by Gasteiger charge is -2.00. The molecule has 0 N–H and O–H groups in total. The Morgan fingerprint density at radius 3 is 1.38 bits per heavy atom. The number of halogens is 3. The molecule has 0 aliphatic rings. The number of hydrogen-bond acceptors (Lipinski definition) is 1. The van der Waals surface area contributed by atoms with Gasteiger partial charge in [0.1, 0.15) is 0 Å². The average Bonchev–Trinajstić information content (AvgIpc) is 2.61. The third kappa shape index (κ3) is 4.81. The van der Waals surface area contributed by atoms with Crippen LogP contribution in [0.4, 0.5) is 0 Å². The van der Waals surface area contributed by atoms with Crippen molar-refractivity contribution in [3.8, 4) is 0 Å². The molecule has 0 heterocycles. The normalized spacial score (nSPS) is 10.5. The molecule has 0 amide bonds. The van der Waals surface area contributed by atoms with Crippen LogP contribution in [0, 0.1) is 0 Å². The van der Waals surface area contributed by atoms with Gasteiger partial charge in [0.15, 0.2) is 5.78 Å². The minimum Gasteiger partial charge on any atom is -0.295 e. The Morgan fingerprint density at radius 2 is 0.962 bits per heavy atom. The van der Waals surface area contributed by atoms with Crippen LogP contribution in [0.2, 0.25) is 0 Å². The summed E-state index contributed by atoms with van der Waals surface area (Å²) in [5.41, 5.74) is 0.760. The van der Waals surface area contributed by atoms with E-state index in [1.807, 2.05) is 36.4 Å². The van der Waals surface area contributed by atoms with E-state index in [0.29, 0.717) is 0 Å². The minimum atomic E-state index is 0.104. The quantitative estimate of drug-likeness (QED) is 0.225. The van der Waals surface area contributed by atoms with E-state index in [2.05, 4.69) is 84.2 Å². The van der Waals surface area contributed by atoms with Gasteiger partial charge in [-0.3, -0.25) is 4.79 Å². The number of carbonyl (C=O) groups is 1. The second-order valence-corrected chi connectivity index (χ2v) is 8.65. The fraction of sp³-hybridized carbons (Fsp3) is 0.0455. The van der Waals surface area contributed by atoms with Crippen LogP contribution in [0.5, 0.6) is 0 Å². The van der Waals surface area contributed by atoms with Gasteiger partial charge in [0.25, 0.3) is 0 Å². The molecular formula is C22H15Br3O. The maximum Gasteiger partial charge on any atom is 0.159 e. The standard InChI is InChI=1S/C12H9BrO.C10H6Br2/c1-8(14)10-3-2-9-4-5-12(13)7-11(9)6-10;11-9-3-1-7-2-4-10(12)6-8(7)5-9/h2-7H,1H3;1-6H. The highest BCUT2D eigenvalue weighted by atomic mass is 79.9. The lowest BCUT2D eigenvalue weighted by Crippen LogP contribution is -1.90. The number of carbonyl (C=O) groups excluding carboxylic acids is 1. The number of fused-ring (bicyclic) bond motifs is 2. The predicted molar refractivity (Wildman–Crippen MR) is 121 cm³/mol. The van der Waals surface area contributed by atoms with E-state index in [1.165, 1.54) is 10.8 Å². The largest absolute Gasteiger partial charge is 0.295 e. The van der Waals surface area contributed by atoms with Crippen molar-refractivity contribution in [3.05, 3.63) is 91.8 Å². The van der Waals surface area contributed by atoms with Crippen molar-refractivity contribution in [2.45, 2.75) is 6.92 Å². The monoisotopic (exact) mass is 532 g/mol. The van der Waals surface area contributed by atoms with Gasteiger partial charge in [-0.2, -0.15) is 0 Å². The smallest absolute Gasteiger partial charge is 0.159 e. The lowest BCUT2D eigenvalue weighted by molar-refractivity contribution is 0.101. The first-order valence-corrected chi connectivity index (χ1v) is 10.4. The highest BCUT2D eigenvalue weighted by Crippen LogP contribution is 2.23. The van der Waals surface area contributed by atoms with Gasteiger partial charge in [-0.25, -0.2) is 0 Å². The first kappa shape index (κ1) is 19.3. The third-order valence-corrected chi connectivity index (χ3v) is 5.45. The lowest BCUT2D eigenvalue weighted by atomic mass is 10.1. The Labute approximate surface area is 177 Å². The van der Waals surface area contributed by atoms with Crippen LogP contribution in [0.1, 0.15) is 17.3 Å². The van der Waals surface area contributed by atoms with Gasteiger partial charge in [-0.1, -0.05) is 78.1 Å². The molecule has 0 aliphatic carbocycles. The van der Waals surface area contributed by atoms with E-state index in [0.717, 1.165) is 29.8 Å². The van der Waals surface area contributed by atoms with Crippen molar-refractivity contribution in [2.75, 3.05) is 0 Å². The van der Waals surface area contributed by atoms with Gasteiger partial charge < -0.3 is 0 Å². The molecule has 26 heavy (non-hydrogen) atoms. The molecule has 1 nitrogen and oxygen atoms in total.